The van der Waals surface area contributed by atoms with E-state index in [1.807, 2.05) is 18.4 Å². The zero-order valence-electron chi connectivity index (χ0n) is 12.3. The van der Waals surface area contributed by atoms with Crippen molar-refractivity contribution in [2.24, 2.45) is 5.73 Å². The minimum absolute atomic E-state index is 0.249. The molecule has 1 aromatic heterocycles. The van der Waals surface area contributed by atoms with Gasteiger partial charge in [-0.1, -0.05) is 12.1 Å². The first-order valence-corrected chi connectivity index (χ1v) is 8.89. The zero-order chi connectivity index (χ0) is 15.6. The van der Waals surface area contributed by atoms with Crippen molar-refractivity contribution in [3.05, 3.63) is 35.3 Å². The molecule has 0 aliphatic rings. The molecule has 0 bridgehead atoms. The fourth-order valence-corrected chi connectivity index (χ4v) is 4.04. The first kappa shape index (κ1) is 16.1. The van der Waals surface area contributed by atoms with Crippen LogP contribution >= 0.6 is 11.3 Å². The number of nitrogens with two attached hydrogens (primary N) is 1. The Morgan fingerprint density at radius 3 is 2.71 bits per heavy atom. The lowest BCUT2D eigenvalue weighted by Crippen LogP contribution is -2.39. The van der Waals surface area contributed by atoms with Gasteiger partial charge in [-0.3, -0.25) is 0 Å². The number of sulfonamides is 1. The Morgan fingerprint density at radius 1 is 1.43 bits per heavy atom. The zero-order valence-corrected chi connectivity index (χ0v) is 13.9. The first-order valence-electron chi connectivity index (χ1n) is 6.57. The highest BCUT2D eigenvalue weighted by Gasteiger charge is 2.25. The van der Waals surface area contributed by atoms with Gasteiger partial charge < -0.3 is 5.73 Å². The summed E-state index contributed by atoms with van der Waals surface area (Å²) in [5.41, 5.74) is 7.29. The maximum atomic E-state index is 12.6. The highest BCUT2D eigenvalue weighted by Crippen LogP contribution is 2.27. The lowest BCUT2D eigenvalue weighted by molar-refractivity contribution is 0.394. The molecule has 1 aromatic carbocycles. The van der Waals surface area contributed by atoms with Gasteiger partial charge in [0.2, 0.25) is 10.0 Å². The Balaban J connectivity index is 2.41. The maximum absolute atomic E-state index is 12.6. The molecular weight excluding hydrogens is 306 g/mol. The third-order valence-corrected chi connectivity index (χ3v) is 6.32. The van der Waals surface area contributed by atoms with Gasteiger partial charge in [-0.25, -0.2) is 13.4 Å². The van der Waals surface area contributed by atoms with Gasteiger partial charge in [0.1, 0.15) is 5.01 Å². The third kappa shape index (κ3) is 3.32. The number of aryl methyl sites for hydroxylation is 1. The summed E-state index contributed by atoms with van der Waals surface area (Å²) in [7, 11) is -2.00. The van der Waals surface area contributed by atoms with Crippen LogP contribution in [0.25, 0.3) is 10.6 Å². The summed E-state index contributed by atoms with van der Waals surface area (Å²) >= 11 is 1.50. The quantitative estimate of drug-likeness (QED) is 0.913. The minimum Gasteiger partial charge on any atom is -0.329 e. The molecule has 0 saturated heterocycles. The maximum Gasteiger partial charge on any atom is 0.243 e. The van der Waals surface area contributed by atoms with Crippen LogP contribution in [-0.2, 0) is 10.0 Å². The molecule has 1 unspecified atom stereocenters. The summed E-state index contributed by atoms with van der Waals surface area (Å²) in [5, 5.41) is 2.76. The minimum atomic E-state index is -3.54. The van der Waals surface area contributed by atoms with Crippen molar-refractivity contribution in [1.82, 2.24) is 9.29 Å². The highest BCUT2D eigenvalue weighted by atomic mass is 32.2. The normalized spacial score (nSPS) is 13.6. The van der Waals surface area contributed by atoms with E-state index in [2.05, 4.69) is 4.98 Å². The van der Waals surface area contributed by atoms with Crippen LogP contribution in [0.3, 0.4) is 0 Å². The largest absolute Gasteiger partial charge is 0.329 e. The Kier molecular flexibility index (Phi) is 4.77. The number of hydrogen-bond acceptors (Lipinski definition) is 5. The number of thiazole rings is 1. The Morgan fingerprint density at radius 2 is 2.14 bits per heavy atom. The molecule has 0 saturated carbocycles. The Hall–Kier alpha value is -1.28. The highest BCUT2D eigenvalue weighted by molar-refractivity contribution is 7.89. The molecular formula is C14H19N3O2S2. The van der Waals surface area contributed by atoms with Crippen LogP contribution in [0.15, 0.2) is 34.5 Å². The standard InChI is InChI=1S/C14H19N3O2S2/c1-10-9-20-14(16-10)12-5-4-6-13(7-12)21(18,19)17(3)11(2)8-15/h4-7,9,11H,8,15H2,1-3H3. The molecule has 2 N–H and O–H groups in total. The molecule has 5 nitrogen and oxygen atoms in total. The molecule has 0 aliphatic carbocycles. The van der Waals surface area contributed by atoms with Crippen LogP contribution in [-0.4, -0.2) is 37.3 Å². The summed E-state index contributed by atoms with van der Waals surface area (Å²) in [6, 6.07) is 6.61. The van der Waals surface area contributed by atoms with E-state index >= 15 is 0 Å². The van der Waals surface area contributed by atoms with Crippen molar-refractivity contribution in [1.29, 1.82) is 0 Å². The van der Waals surface area contributed by atoms with Crippen molar-refractivity contribution >= 4 is 21.4 Å². The number of benzene rings is 1. The van der Waals surface area contributed by atoms with Crippen molar-refractivity contribution in [3.63, 3.8) is 0 Å². The Bertz CT molecular complexity index is 725. The van der Waals surface area contributed by atoms with Crippen LogP contribution in [0, 0.1) is 6.92 Å². The Labute approximate surface area is 129 Å². The van der Waals surface area contributed by atoms with Gasteiger partial charge in [0.25, 0.3) is 0 Å². The number of hydrogen-bond donors (Lipinski definition) is 1. The summed E-state index contributed by atoms with van der Waals surface area (Å²) in [5.74, 6) is 0. The topological polar surface area (TPSA) is 76.3 Å². The van der Waals surface area contributed by atoms with E-state index in [9.17, 15) is 8.42 Å². The molecule has 0 spiro atoms. The monoisotopic (exact) mass is 325 g/mol. The average molecular weight is 325 g/mol. The van der Waals surface area contributed by atoms with Crippen molar-refractivity contribution < 1.29 is 8.42 Å². The molecule has 0 radical (unpaired) electrons. The number of likely N-dealkylation sites (N-methyl/N-ethyl adjacent to an activating group) is 1. The summed E-state index contributed by atoms with van der Waals surface area (Å²) in [4.78, 5) is 4.65. The molecule has 21 heavy (non-hydrogen) atoms. The molecule has 0 fully saturated rings. The smallest absolute Gasteiger partial charge is 0.243 e. The molecule has 2 rings (SSSR count). The molecule has 7 heteroatoms. The van der Waals surface area contributed by atoms with Crippen molar-refractivity contribution in [2.45, 2.75) is 24.8 Å². The van der Waals surface area contributed by atoms with E-state index in [-0.39, 0.29) is 17.5 Å². The lowest BCUT2D eigenvalue weighted by atomic mass is 10.2. The second-order valence-corrected chi connectivity index (χ2v) is 7.78. The number of rotatable bonds is 5. The average Bonchev–Trinajstić information content (AvgIpc) is 2.92. The van der Waals surface area contributed by atoms with Crippen LogP contribution in [0.4, 0.5) is 0 Å². The van der Waals surface area contributed by atoms with E-state index in [1.54, 1.807) is 32.2 Å². The van der Waals surface area contributed by atoms with Gasteiger partial charge in [-0.15, -0.1) is 11.3 Å². The molecule has 0 amide bonds. The van der Waals surface area contributed by atoms with Crippen molar-refractivity contribution in [3.8, 4) is 10.6 Å². The van der Waals surface area contributed by atoms with E-state index < -0.39 is 10.0 Å². The van der Waals surface area contributed by atoms with E-state index in [4.69, 9.17) is 5.73 Å². The SMILES string of the molecule is Cc1csc(-c2cccc(S(=O)(=O)N(C)C(C)CN)c2)n1. The fraction of sp³-hybridized carbons (Fsp3) is 0.357. The molecule has 1 heterocycles. The van der Waals surface area contributed by atoms with Crippen molar-refractivity contribution in [2.75, 3.05) is 13.6 Å². The molecule has 114 valence electrons. The molecule has 0 aliphatic heterocycles. The summed E-state index contributed by atoms with van der Waals surface area (Å²) < 4.78 is 26.5. The second kappa shape index (κ2) is 6.23. The fourth-order valence-electron chi connectivity index (χ4n) is 1.83. The summed E-state index contributed by atoms with van der Waals surface area (Å²) in [6.07, 6.45) is 0. The van der Waals surface area contributed by atoms with Gasteiger partial charge >= 0.3 is 0 Å². The predicted octanol–water partition coefficient (Wildman–Crippen LogP) is 2.09. The van der Waals surface area contributed by atoms with Crippen LogP contribution in [0.2, 0.25) is 0 Å². The van der Waals surface area contributed by atoms with Crippen LogP contribution < -0.4 is 5.73 Å². The van der Waals surface area contributed by atoms with E-state index in [1.165, 1.54) is 15.6 Å². The van der Waals surface area contributed by atoms with Gasteiger partial charge in [0.15, 0.2) is 0 Å². The van der Waals surface area contributed by atoms with Gasteiger partial charge in [0.05, 0.1) is 4.90 Å². The van der Waals surface area contributed by atoms with Crippen LogP contribution in [0.1, 0.15) is 12.6 Å². The lowest BCUT2D eigenvalue weighted by Gasteiger charge is -2.23. The summed E-state index contributed by atoms with van der Waals surface area (Å²) in [6.45, 7) is 3.98. The van der Waals surface area contributed by atoms with Gasteiger partial charge in [0, 0.05) is 36.3 Å². The van der Waals surface area contributed by atoms with E-state index in [0.29, 0.717) is 0 Å². The van der Waals surface area contributed by atoms with E-state index in [0.717, 1.165) is 16.3 Å². The number of nitrogens with zero attached hydrogens (tertiary/aromatic N) is 2. The molecule has 1 atom stereocenters. The first-order chi connectivity index (χ1) is 9.86. The van der Waals surface area contributed by atoms with Gasteiger partial charge in [-0.2, -0.15) is 4.31 Å². The third-order valence-electron chi connectivity index (χ3n) is 3.34. The van der Waals surface area contributed by atoms with Crippen LogP contribution in [0.5, 0.6) is 0 Å². The van der Waals surface area contributed by atoms with Gasteiger partial charge in [-0.05, 0) is 26.0 Å². The number of aromatic nitrogens is 1. The second-order valence-electron chi connectivity index (χ2n) is 4.93. The predicted molar refractivity (Wildman–Crippen MR) is 85.8 cm³/mol. The molecule has 2 aromatic rings.